The maximum Gasteiger partial charge on any atom is 0.306 e. The van der Waals surface area contributed by atoms with Crippen molar-refractivity contribution in [3.05, 3.63) is 29.7 Å². The fraction of sp³-hybridized carbons (Fsp3) is 0.680. The highest BCUT2D eigenvalue weighted by atomic mass is 32.2. The van der Waals surface area contributed by atoms with Gasteiger partial charge in [0.15, 0.2) is 11.6 Å². The first-order chi connectivity index (χ1) is 15.5. The number of nitrogens with zero attached hydrogens (tertiary/aromatic N) is 1. The maximum atomic E-state index is 14.6. The van der Waals surface area contributed by atoms with Crippen LogP contribution in [-0.4, -0.2) is 48.0 Å². The summed E-state index contributed by atoms with van der Waals surface area (Å²) in [5.74, 6) is -1.13. The van der Waals surface area contributed by atoms with Crippen LogP contribution in [0.2, 0.25) is 0 Å². The van der Waals surface area contributed by atoms with Crippen LogP contribution in [0.5, 0.6) is 5.75 Å². The van der Waals surface area contributed by atoms with Crippen LogP contribution in [0.1, 0.15) is 83.6 Å². The average Bonchev–Trinajstić information content (AvgIpc) is 3.13. The van der Waals surface area contributed by atoms with Crippen molar-refractivity contribution in [2.45, 2.75) is 96.4 Å². The van der Waals surface area contributed by atoms with Crippen LogP contribution in [-0.2, 0) is 10.1 Å². The van der Waals surface area contributed by atoms with Crippen LogP contribution in [0.15, 0.2) is 18.3 Å². The summed E-state index contributed by atoms with van der Waals surface area (Å²) in [6, 6.07) is 3.54. The molecule has 1 saturated heterocycles. The van der Waals surface area contributed by atoms with Gasteiger partial charge in [0.1, 0.15) is 6.23 Å². The van der Waals surface area contributed by atoms with Crippen LogP contribution in [0, 0.1) is 11.2 Å². The van der Waals surface area contributed by atoms with Crippen LogP contribution < -0.4 is 4.18 Å². The third kappa shape index (κ3) is 5.08. The predicted molar refractivity (Wildman–Crippen MR) is 128 cm³/mol. The minimum absolute atomic E-state index is 0.128. The molecule has 2 fully saturated rings. The van der Waals surface area contributed by atoms with E-state index in [2.05, 4.69) is 23.7 Å². The molecule has 1 aromatic carbocycles. The molecule has 184 valence electrons. The molecule has 2 heterocycles. The van der Waals surface area contributed by atoms with E-state index in [1.165, 1.54) is 18.9 Å². The number of aromatic nitrogens is 1. The Hall–Kier alpha value is -1.64. The van der Waals surface area contributed by atoms with Gasteiger partial charge in [0.2, 0.25) is 0 Å². The molecular weight excluding hydrogens is 443 g/mol. The lowest BCUT2D eigenvalue weighted by molar-refractivity contribution is -0.123. The number of hydrogen-bond donors (Lipinski definition) is 2. The standard InChI is InChI=1S/C25H37FN2O4S/c1-5-7-17-13-25(3)11-6-8-18(14-25)28(17)22(29)12-16(2)19-15-27-21-10-9-20(26)24(23(19)21)32-33(4,30)31/h9-10,15-18,22,27,29H,5-8,11-14H2,1-4H3. The highest BCUT2D eigenvalue weighted by Gasteiger charge is 2.46. The number of aliphatic hydroxyl groups is 1. The molecule has 0 spiro atoms. The van der Waals surface area contributed by atoms with E-state index in [1.54, 1.807) is 12.3 Å². The summed E-state index contributed by atoms with van der Waals surface area (Å²) in [6.07, 6.45) is 10.5. The molecule has 1 aliphatic carbocycles. The monoisotopic (exact) mass is 480 g/mol. The van der Waals surface area contributed by atoms with Crippen molar-refractivity contribution >= 4 is 21.0 Å². The molecule has 33 heavy (non-hydrogen) atoms. The first-order valence-electron chi connectivity index (χ1n) is 12.2. The van der Waals surface area contributed by atoms with Crippen molar-refractivity contribution in [3.63, 3.8) is 0 Å². The average molecular weight is 481 g/mol. The molecule has 4 rings (SSSR count). The lowest BCUT2D eigenvalue weighted by Gasteiger charge is -2.55. The van der Waals surface area contributed by atoms with Gasteiger partial charge in [0.25, 0.3) is 0 Å². The molecule has 8 heteroatoms. The van der Waals surface area contributed by atoms with Crippen molar-refractivity contribution in [2.75, 3.05) is 6.26 Å². The number of likely N-dealkylation sites (tertiary alicyclic amines) is 1. The van der Waals surface area contributed by atoms with E-state index in [1.807, 2.05) is 6.92 Å². The molecule has 2 N–H and O–H groups in total. The number of aromatic amines is 1. The summed E-state index contributed by atoms with van der Waals surface area (Å²) >= 11 is 0. The summed E-state index contributed by atoms with van der Waals surface area (Å²) in [5.41, 5.74) is 1.73. The van der Waals surface area contributed by atoms with Crippen molar-refractivity contribution in [1.29, 1.82) is 0 Å². The third-order valence-electron chi connectivity index (χ3n) is 7.70. The van der Waals surface area contributed by atoms with Crippen molar-refractivity contribution in [3.8, 4) is 5.75 Å². The number of halogens is 1. The van der Waals surface area contributed by atoms with Gasteiger partial charge in [-0.25, -0.2) is 4.39 Å². The summed E-state index contributed by atoms with van der Waals surface area (Å²) in [6.45, 7) is 6.59. The third-order valence-corrected chi connectivity index (χ3v) is 8.16. The minimum Gasteiger partial charge on any atom is -0.379 e. The molecule has 2 bridgehead atoms. The summed E-state index contributed by atoms with van der Waals surface area (Å²) in [5, 5.41) is 11.9. The van der Waals surface area contributed by atoms with Crippen molar-refractivity contribution in [2.24, 2.45) is 5.41 Å². The number of aliphatic hydroxyl groups excluding tert-OH is 1. The zero-order chi connectivity index (χ0) is 24.0. The number of H-pyrrole nitrogens is 1. The highest BCUT2D eigenvalue weighted by Crippen LogP contribution is 2.49. The molecular formula is C25H37FN2O4S. The number of rotatable bonds is 8. The van der Waals surface area contributed by atoms with E-state index in [0.29, 0.717) is 34.8 Å². The maximum absolute atomic E-state index is 14.6. The second-order valence-corrected chi connectivity index (χ2v) is 12.2. The molecule has 1 saturated carbocycles. The molecule has 6 nitrogen and oxygen atoms in total. The highest BCUT2D eigenvalue weighted by molar-refractivity contribution is 7.86. The lowest BCUT2D eigenvalue weighted by Crippen LogP contribution is -2.58. The molecule has 2 aliphatic rings. The van der Waals surface area contributed by atoms with Gasteiger partial charge in [-0.2, -0.15) is 8.42 Å². The Morgan fingerprint density at radius 2 is 2.12 bits per heavy atom. The summed E-state index contributed by atoms with van der Waals surface area (Å²) < 4.78 is 43.1. The van der Waals surface area contributed by atoms with Gasteiger partial charge in [0.05, 0.1) is 6.26 Å². The number of nitrogens with one attached hydrogen (secondary N) is 1. The Kier molecular flexibility index (Phi) is 6.82. The van der Waals surface area contributed by atoms with Gasteiger partial charge in [-0.05, 0) is 67.6 Å². The minimum atomic E-state index is -3.89. The van der Waals surface area contributed by atoms with E-state index < -0.39 is 22.2 Å². The Bertz CT molecular complexity index is 1100. The van der Waals surface area contributed by atoms with E-state index in [-0.39, 0.29) is 11.7 Å². The van der Waals surface area contributed by atoms with Crippen LogP contribution in [0.4, 0.5) is 4.39 Å². The zero-order valence-electron chi connectivity index (χ0n) is 20.1. The quantitative estimate of drug-likeness (QED) is 0.502. The Morgan fingerprint density at radius 3 is 2.82 bits per heavy atom. The fourth-order valence-electron chi connectivity index (χ4n) is 6.40. The Balaban J connectivity index is 1.61. The first kappa shape index (κ1) is 24.5. The molecule has 5 atom stereocenters. The number of piperidine rings is 1. The largest absolute Gasteiger partial charge is 0.379 e. The van der Waals surface area contributed by atoms with Gasteiger partial charge >= 0.3 is 10.1 Å². The first-order valence-corrected chi connectivity index (χ1v) is 14.0. The Morgan fingerprint density at radius 1 is 1.36 bits per heavy atom. The van der Waals surface area contributed by atoms with Gasteiger partial charge in [-0.15, -0.1) is 0 Å². The van der Waals surface area contributed by atoms with Gasteiger partial charge in [-0.3, -0.25) is 4.90 Å². The van der Waals surface area contributed by atoms with Crippen molar-refractivity contribution in [1.82, 2.24) is 9.88 Å². The second kappa shape index (κ2) is 9.19. The SMILES string of the molecule is CCCC1CC2(C)CCCC(C2)N1C(O)CC(C)c1c[nH]c2ccc(F)c(OS(C)(=O)=O)c12. The second-order valence-electron chi connectivity index (χ2n) is 10.6. The van der Waals surface area contributed by atoms with Gasteiger partial charge in [-0.1, -0.05) is 33.6 Å². The van der Waals surface area contributed by atoms with Gasteiger partial charge < -0.3 is 14.3 Å². The van der Waals surface area contributed by atoms with E-state index in [4.69, 9.17) is 4.18 Å². The van der Waals surface area contributed by atoms with Gasteiger partial charge in [0, 0.05) is 29.2 Å². The van der Waals surface area contributed by atoms with Crippen LogP contribution >= 0.6 is 0 Å². The number of fused-ring (bicyclic) bond motifs is 3. The summed E-state index contributed by atoms with van der Waals surface area (Å²) in [7, 11) is -3.89. The zero-order valence-corrected chi connectivity index (χ0v) is 20.9. The number of hydrogen-bond acceptors (Lipinski definition) is 5. The topological polar surface area (TPSA) is 82.6 Å². The lowest BCUT2D eigenvalue weighted by atomic mass is 9.65. The smallest absolute Gasteiger partial charge is 0.306 e. The number of benzene rings is 1. The molecule has 1 aliphatic heterocycles. The van der Waals surface area contributed by atoms with Crippen molar-refractivity contribution < 1.29 is 22.1 Å². The van der Waals surface area contributed by atoms with Crippen LogP contribution in [0.3, 0.4) is 0 Å². The molecule has 5 unspecified atom stereocenters. The van der Waals surface area contributed by atoms with E-state index >= 15 is 0 Å². The van der Waals surface area contributed by atoms with E-state index in [0.717, 1.165) is 43.9 Å². The predicted octanol–water partition coefficient (Wildman–Crippen LogP) is 5.28. The molecule has 0 radical (unpaired) electrons. The van der Waals surface area contributed by atoms with Crippen LogP contribution in [0.25, 0.3) is 10.9 Å². The summed E-state index contributed by atoms with van der Waals surface area (Å²) in [4.78, 5) is 5.46. The molecule has 2 aromatic rings. The molecule has 0 amide bonds. The Labute approximate surface area is 196 Å². The molecule has 1 aromatic heterocycles. The fourth-order valence-corrected chi connectivity index (χ4v) is 6.86. The normalized spacial score (nSPS) is 28.1. The van der Waals surface area contributed by atoms with E-state index in [9.17, 15) is 17.9 Å².